The van der Waals surface area contributed by atoms with Gasteiger partial charge >= 0.3 is 5.97 Å². The van der Waals surface area contributed by atoms with Crippen molar-refractivity contribution in [2.75, 3.05) is 31.7 Å². The van der Waals surface area contributed by atoms with Crippen molar-refractivity contribution in [3.8, 4) is 17.2 Å². The molecule has 2 aromatic carbocycles. The lowest BCUT2D eigenvalue weighted by molar-refractivity contribution is -0.119. The highest BCUT2D eigenvalue weighted by atomic mass is 16.5. The minimum Gasteiger partial charge on any atom is -0.493 e. The average molecular weight is 399 g/mol. The Morgan fingerprint density at radius 3 is 2.48 bits per heavy atom. The van der Waals surface area contributed by atoms with Crippen molar-refractivity contribution in [1.82, 2.24) is 0 Å². The van der Waals surface area contributed by atoms with E-state index in [1.54, 1.807) is 42.5 Å². The zero-order valence-corrected chi connectivity index (χ0v) is 16.6. The van der Waals surface area contributed by atoms with Crippen LogP contribution in [0.1, 0.15) is 30.6 Å². The summed E-state index contributed by atoms with van der Waals surface area (Å²) in [5.41, 5.74) is 0.896. The van der Waals surface area contributed by atoms with Crippen molar-refractivity contribution >= 4 is 17.6 Å². The molecule has 0 aromatic heterocycles. The largest absolute Gasteiger partial charge is 0.493 e. The molecular weight excluding hydrogens is 374 g/mol. The first-order valence-electron chi connectivity index (χ1n) is 9.61. The van der Waals surface area contributed by atoms with Crippen LogP contribution in [0.25, 0.3) is 0 Å². The van der Waals surface area contributed by atoms with Crippen LogP contribution < -0.4 is 19.5 Å². The van der Waals surface area contributed by atoms with Crippen molar-refractivity contribution < 1.29 is 28.5 Å². The highest BCUT2D eigenvalue weighted by molar-refractivity contribution is 5.95. The van der Waals surface area contributed by atoms with E-state index >= 15 is 0 Å². The molecule has 0 saturated heterocycles. The molecule has 1 heterocycles. The lowest BCUT2D eigenvalue weighted by Gasteiger charge is -2.11. The lowest BCUT2D eigenvalue weighted by atomic mass is 10.2. The molecule has 1 N–H and O–H groups in total. The Kier molecular flexibility index (Phi) is 6.94. The summed E-state index contributed by atoms with van der Waals surface area (Å²) < 4.78 is 21.8. The second kappa shape index (κ2) is 9.82. The monoisotopic (exact) mass is 399 g/mol. The van der Waals surface area contributed by atoms with E-state index in [4.69, 9.17) is 18.9 Å². The molecule has 0 saturated carbocycles. The zero-order chi connectivity index (χ0) is 20.6. The van der Waals surface area contributed by atoms with Gasteiger partial charge in [-0.05, 0) is 42.3 Å². The van der Waals surface area contributed by atoms with Gasteiger partial charge in [0.05, 0.1) is 25.4 Å². The van der Waals surface area contributed by atoms with Crippen LogP contribution in [0, 0.1) is 5.92 Å². The van der Waals surface area contributed by atoms with Gasteiger partial charge in [-0.1, -0.05) is 13.8 Å². The molecule has 7 heteroatoms. The molecule has 1 aliphatic rings. The first-order chi connectivity index (χ1) is 14.0. The summed E-state index contributed by atoms with van der Waals surface area (Å²) in [6.45, 7) is 5.48. The molecule has 29 heavy (non-hydrogen) atoms. The molecule has 1 aliphatic heterocycles. The number of amides is 1. The van der Waals surface area contributed by atoms with Gasteiger partial charge in [0.25, 0.3) is 5.91 Å². The van der Waals surface area contributed by atoms with Gasteiger partial charge in [0.15, 0.2) is 18.1 Å². The van der Waals surface area contributed by atoms with E-state index in [0.717, 1.165) is 6.42 Å². The van der Waals surface area contributed by atoms with Gasteiger partial charge in [-0.15, -0.1) is 0 Å². The average Bonchev–Trinajstić information content (AvgIpc) is 2.96. The lowest BCUT2D eigenvalue weighted by Crippen LogP contribution is -2.21. The molecule has 0 fully saturated rings. The highest BCUT2D eigenvalue weighted by Gasteiger charge is 2.14. The van der Waals surface area contributed by atoms with Gasteiger partial charge in [-0.25, -0.2) is 4.79 Å². The Balaban J connectivity index is 1.49. The molecule has 154 valence electrons. The minimum absolute atomic E-state index is 0.352. The van der Waals surface area contributed by atoms with Crippen LogP contribution in [0.3, 0.4) is 0 Å². The number of hydrogen-bond donors (Lipinski definition) is 1. The molecule has 0 spiro atoms. The summed E-state index contributed by atoms with van der Waals surface area (Å²) in [6, 6.07) is 11.8. The molecule has 3 rings (SSSR count). The summed E-state index contributed by atoms with van der Waals surface area (Å²) in [7, 11) is 0. The van der Waals surface area contributed by atoms with Crippen LogP contribution in [0.4, 0.5) is 5.69 Å². The van der Waals surface area contributed by atoms with E-state index in [1.807, 2.05) is 0 Å². The summed E-state index contributed by atoms with van der Waals surface area (Å²) in [5.74, 6) is 1.31. The molecule has 0 aliphatic carbocycles. The van der Waals surface area contributed by atoms with Gasteiger partial charge in [0, 0.05) is 18.2 Å². The Labute approximate surface area is 169 Å². The first-order valence-corrected chi connectivity index (χ1v) is 9.61. The van der Waals surface area contributed by atoms with Crippen molar-refractivity contribution in [2.45, 2.75) is 20.3 Å². The molecule has 1 amide bonds. The Hall–Kier alpha value is -3.22. The van der Waals surface area contributed by atoms with Crippen LogP contribution in [-0.4, -0.2) is 38.3 Å². The predicted octanol–water partition coefficient (Wildman–Crippen LogP) is 3.68. The smallest absolute Gasteiger partial charge is 0.338 e. The molecule has 0 unspecified atom stereocenters. The van der Waals surface area contributed by atoms with Crippen molar-refractivity contribution in [2.24, 2.45) is 5.92 Å². The van der Waals surface area contributed by atoms with E-state index in [9.17, 15) is 9.59 Å². The number of anilines is 1. The summed E-state index contributed by atoms with van der Waals surface area (Å²) in [5, 5.41) is 2.68. The number of rotatable bonds is 7. The molecule has 0 radical (unpaired) electrons. The Morgan fingerprint density at radius 1 is 1.03 bits per heavy atom. The van der Waals surface area contributed by atoms with Crippen LogP contribution in [0.2, 0.25) is 0 Å². The van der Waals surface area contributed by atoms with Gasteiger partial charge in [-0.3, -0.25) is 4.79 Å². The quantitative estimate of drug-likeness (QED) is 0.715. The normalized spacial score (nSPS) is 12.8. The first kappa shape index (κ1) is 20.5. The number of esters is 1. The maximum atomic E-state index is 12.1. The Morgan fingerprint density at radius 2 is 1.76 bits per heavy atom. The fourth-order valence-corrected chi connectivity index (χ4v) is 2.60. The summed E-state index contributed by atoms with van der Waals surface area (Å²) in [4.78, 5) is 24.2. The maximum absolute atomic E-state index is 12.1. The third-order valence-electron chi connectivity index (χ3n) is 4.04. The van der Waals surface area contributed by atoms with E-state index < -0.39 is 18.5 Å². The fourth-order valence-electron chi connectivity index (χ4n) is 2.60. The maximum Gasteiger partial charge on any atom is 0.338 e. The van der Waals surface area contributed by atoms with Gasteiger partial charge in [-0.2, -0.15) is 0 Å². The van der Waals surface area contributed by atoms with Gasteiger partial charge in [0.1, 0.15) is 5.75 Å². The minimum atomic E-state index is -0.575. The zero-order valence-electron chi connectivity index (χ0n) is 16.6. The molecule has 2 aromatic rings. The summed E-state index contributed by atoms with van der Waals surface area (Å²) >= 11 is 0. The van der Waals surface area contributed by atoms with E-state index in [-0.39, 0.29) is 0 Å². The van der Waals surface area contributed by atoms with E-state index in [0.29, 0.717) is 54.2 Å². The predicted molar refractivity (Wildman–Crippen MR) is 108 cm³/mol. The third kappa shape index (κ3) is 6.14. The molecule has 0 bridgehead atoms. The fraction of sp³-hybridized carbons (Fsp3) is 0.364. The van der Waals surface area contributed by atoms with E-state index in [1.165, 1.54) is 0 Å². The second-order valence-corrected chi connectivity index (χ2v) is 7.07. The van der Waals surface area contributed by atoms with Crippen LogP contribution >= 0.6 is 0 Å². The van der Waals surface area contributed by atoms with E-state index in [2.05, 4.69) is 19.2 Å². The third-order valence-corrected chi connectivity index (χ3v) is 4.04. The van der Waals surface area contributed by atoms with Crippen LogP contribution in [0.5, 0.6) is 17.2 Å². The number of benzene rings is 2. The molecule has 7 nitrogen and oxygen atoms in total. The number of carbonyl (C=O) groups excluding carboxylic acids is 2. The molecular formula is C22H25NO6. The Bertz CT molecular complexity index is 847. The van der Waals surface area contributed by atoms with Crippen molar-refractivity contribution in [3.63, 3.8) is 0 Å². The standard InChI is InChI=1S/C22H25NO6/c1-15(2)13-28-18-7-4-16(5-8-18)22(25)29-14-21(24)23-17-6-9-19-20(12-17)27-11-3-10-26-19/h4-9,12,15H,3,10-11,13-14H2,1-2H3,(H,23,24). The number of fused-ring (bicyclic) bond motifs is 1. The number of hydrogen-bond acceptors (Lipinski definition) is 6. The number of nitrogens with one attached hydrogen (secondary N) is 1. The SMILES string of the molecule is CC(C)COc1ccc(C(=O)OCC(=O)Nc2ccc3c(c2)OCCCO3)cc1. The number of carbonyl (C=O) groups is 2. The number of ether oxygens (including phenoxy) is 4. The topological polar surface area (TPSA) is 83.1 Å². The van der Waals surface area contributed by atoms with Crippen LogP contribution in [0.15, 0.2) is 42.5 Å². The highest BCUT2D eigenvalue weighted by Crippen LogP contribution is 2.32. The van der Waals surface area contributed by atoms with Gasteiger partial charge in [0.2, 0.25) is 0 Å². The van der Waals surface area contributed by atoms with Crippen LogP contribution in [-0.2, 0) is 9.53 Å². The van der Waals surface area contributed by atoms with Gasteiger partial charge < -0.3 is 24.3 Å². The molecule has 0 atom stereocenters. The second-order valence-electron chi connectivity index (χ2n) is 7.07. The summed E-state index contributed by atoms with van der Waals surface area (Å²) in [6.07, 6.45) is 0.803. The van der Waals surface area contributed by atoms with Crippen molar-refractivity contribution in [3.05, 3.63) is 48.0 Å². The van der Waals surface area contributed by atoms with Crippen molar-refractivity contribution in [1.29, 1.82) is 0 Å².